The third-order valence-electron chi connectivity index (χ3n) is 3.04. The first-order valence-corrected chi connectivity index (χ1v) is 6.26. The molecule has 4 nitrogen and oxygen atoms in total. The summed E-state index contributed by atoms with van der Waals surface area (Å²) in [6, 6.07) is 0.538. The minimum Gasteiger partial charge on any atom is -0.338 e. The second kappa shape index (κ2) is 6.53. The fraction of sp³-hybridized carbons (Fsp3) is 0.750. The summed E-state index contributed by atoms with van der Waals surface area (Å²) in [4.78, 5) is 6.79. The minimum atomic E-state index is 0.538. The Hall–Kier alpha value is -1.03. The molecule has 0 saturated carbocycles. The lowest BCUT2D eigenvalue weighted by Crippen LogP contribution is -2.40. The zero-order chi connectivity index (χ0) is 12.0. The van der Waals surface area contributed by atoms with Gasteiger partial charge in [-0.15, -0.1) is 0 Å². The largest absolute Gasteiger partial charge is 0.338 e. The number of imidazole rings is 1. The number of hydrogen-bond acceptors (Lipinski definition) is 3. The normalized spacial score (nSPS) is 11.1. The van der Waals surface area contributed by atoms with Crippen LogP contribution in [-0.4, -0.2) is 28.7 Å². The Kier molecular flexibility index (Phi) is 5.32. The molecule has 0 unspecified atom stereocenters. The predicted molar refractivity (Wildman–Crippen MR) is 68.7 cm³/mol. The smallest absolute Gasteiger partial charge is 0.205 e. The van der Waals surface area contributed by atoms with E-state index in [2.05, 4.69) is 35.2 Å². The molecule has 92 valence electrons. The van der Waals surface area contributed by atoms with Crippen LogP contribution in [0.5, 0.6) is 0 Å². The highest BCUT2D eigenvalue weighted by molar-refractivity contribution is 5.33. The summed E-state index contributed by atoms with van der Waals surface area (Å²) in [6.45, 7) is 9.08. The van der Waals surface area contributed by atoms with Crippen molar-refractivity contribution in [2.75, 3.05) is 18.0 Å². The molecule has 1 aromatic rings. The van der Waals surface area contributed by atoms with Crippen molar-refractivity contribution in [1.82, 2.24) is 9.55 Å². The standard InChI is InChI=1S/C12H24N4/c1-4-11(5-2)16(9-7-13)12-14-8-10-15(12)6-3/h8,10-11H,4-7,9,13H2,1-3H3. The van der Waals surface area contributed by atoms with Crippen LogP contribution in [0, 0.1) is 0 Å². The highest BCUT2D eigenvalue weighted by Gasteiger charge is 2.18. The first kappa shape index (κ1) is 13.0. The molecule has 0 aliphatic rings. The summed E-state index contributed by atoms with van der Waals surface area (Å²) < 4.78 is 2.17. The lowest BCUT2D eigenvalue weighted by Gasteiger charge is -2.31. The van der Waals surface area contributed by atoms with E-state index in [4.69, 9.17) is 5.73 Å². The molecule has 0 spiro atoms. The second-order valence-corrected chi connectivity index (χ2v) is 3.97. The van der Waals surface area contributed by atoms with Gasteiger partial charge in [0.15, 0.2) is 0 Å². The summed E-state index contributed by atoms with van der Waals surface area (Å²) in [5.74, 6) is 1.06. The van der Waals surface area contributed by atoms with Crippen molar-refractivity contribution in [3.05, 3.63) is 12.4 Å². The minimum absolute atomic E-state index is 0.538. The molecule has 0 saturated heterocycles. The first-order chi connectivity index (χ1) is 7.78. The van der Waals surface area contributed by atoms with Gasteiger partial charge < -0.3 is 15.2 Å². The van der Waals surface area contributed by atoms with Gasteiger partial charge in [0.25, 0.3) is 0 Å². The van der Waals surface area contributed by atoms with Crippen molar-refractivity contribution >= 4 is 5.95 Å². The van der Waals surface area contributed by atoms with Crippen LogP contribution in [0.2, 0.25) is 0 Å². The van der Waals surface area contributed by atoms with Gasteiger partial charge in [-0.3, -0.25) is 0 Å². The molecule has 0 aliphatic heterocycles. The molecule has 1 aromatic heterocycles. The van der Waals surface area contributed by atoms with Gasteiger partial charge in [0.05, 0.1) is 0 Å². The molecular formula is C12H24N4. The zero-order valence-corrected chi connectivity index (χ0v) is 10.7. The number of aromatic nitrogens is 2. The Morgan fingerprint density at radius 3 is 2.56 bits per heavy atom. The van der Waals surface area contributed by atoms with E-state index in [9.17, 15) is 0 Å². The monoisotopic (exact) mass is 224 g/mol. The Morgan fingerprint density at radius 1 is 1.38 bits per heavy atom. The van der Waals surface area contributed by atoms with Crippen LogP contribution in [0.25, 0.3) is 0 Å². The molecule has 0 fully saturated rings. The molecule has 0 aromatic carbocycles. The topological polar surface area (TPSA) is 47.1 Å². The Balaban J connectivity index is 2.91. The van der Waals surface area contributed by atoms with E-state index in [1.54, 1.807) is 0 Å². The SMILES string of the molecule is CCC(CC)N(CCN)c1nccn1CC. The predicted octanol–water partition coefficient (Wildman–Crippen LogP) is 1.86. The summed E-state index contributed by atoms with van der Waals surface area (Å²) in [5, 5.41) is 0. The molecule has 0 amide bonds. The number of aryl methyl sites for hydroxylation is 1. The summed E-state index contributed by atoms with van der Waals surface area (Å²) in [7, 11) is 0. The number of nitrogens with two attached hydrogens (primary N) is 1. The van der Waals surface area contributed by atoms with Crippen LogP contribution >= 0.6 is 0 Å². The maximum atomic E-state index is 5.70. The lowest BCUT2D eigenvalue weighted by molar-refractivity contribution is 0.536. The molecular weight excluding hydrogens is 200 g/mol. The van der Waals surface area contributed by atoms with E-state index in [0.29, 0.717) is 12.6 Å². The van der Waals surface area contributed by atoms with Crippen LogP contribution in [0.4, 0.5) is 5.95 Å². The van der Waals surface area contributed by atoms with E-state index < -0.39 is 0 Å². The molecule has 4 heteroatoms. The van der Waals surface area contributed by atoms with Crippen molar-refractivity contribution in [3.8, 4) is 0 Å². The lowest BCUT2D eigenvalue weighted by atomic mass is 10.1. The summed E-state index contributed by atoms with van der Waals surface area (Å²) >= 11 is 0. The van der Waals surface area contributed by atoms with E-state index in [-0.39, 0.29) is 0 Å². The van der Waals surface area contributed by atoms with Gasteiger partial charge in [-0.1, -0.05) is 13.8 Å². The van der Waals surface area contributed by atoms with Crippen LogP contribution in [0.1, 0.15) is 33.6 Å². The van der Waals surface area contributed by atoms with Crippen molar-refractivity contribution in [2.24, 2.45) is 5.73 Å². The molecule has 1 rings (SSSR count). The maximum absolute atomic E-state index is 5.70. The Labute approximate surface area is 98.5 Å². The van der Waals surface area contributed by atoms with E-state index in [1.807, 2.05) is 12.4 Å². The van der Waals surface area contributed by atoms with E-state index in [1.165, 1.54) is 0 Å². The number of hydrogen-bond donors (Lipinski definition) is 1. The van der Waals surface area contributed by atoms with Gasteiger partial charge in [-0.25, -0.2) is 4.98 Å². The van der Waals surface area contributed by atoms with Crippen molar-refractivity contribution in [1.29, 1.82) is 0 Å². The Morgan fingerprint density at radius 2 is 2.06 bits per heavy atom. The highest BCUT2D eigenvalue weighted by atomic mass is 15.3. The maximum Gasteiger partial charge on any atom is 0.205 e. The van der Waals surface area contributed by atoms with Gasteiger partial charge in [-0.2, -0.15) is 0 Å². The van der Waals surface area contributed by atoms with Crippen LogP contribution in [-0.2, 0) is 6.54 Å². The van der Waals surface area contributed by atoms with Gasteiger partial charge in [0, 0.05) is 38.1 Å². The third kappa shape index (κ3) is 2.76. The van der Waals surface area contributed by atoms with Crippen molar-refractivity contribution in [3.63, 3.8) is 0 Å². The van der Waals surface area contributed by atoms with E-state index in [0.717, 1.165) is 31.9 Å². The average Bonchev–Trinajstić information content (AvgIpc) is 2.77. The van der Waals surface area contributed by atoms with Gasteiger partial charge in [0.2, 0.25) is 5.95 Å². The molecule has 16 heavy (non-hydrogen) atoms. The zero-order valence-electron chi connectivity index (χ0n) is 10.7. The van der Waals surface area contributed by atoms with Crippen LogP contribution in [0.15, 0.2) is 12.4 Å². The summed E-state index contributed by atoms with van der Waals surface area (Å²) in [5.41, 5.74) is 5.70. The van der Waals surface area contributed by atoms with Gasteiger partial charge >= 0.3 is 0 Å². The number of anilines is 1. The van der Waals surface area contributed by atoms with Crippen molar-refractivity contribution < 1.29 is 0 Å². The van der Waals surface area contributed by atoms with Gasteiger partial charge in [-0.05, 0) is 19.8 Å². The molecule has 1 heterocycles. The average molecular weight is 224 g/mol. The molecule has 0 bridgehead atoms. The molecule has 0 atom stereocenters. The fourth-order valence-corrected chi connectivity index (χ4v) is 2.12. The second-order valence-electron chi connectivity index (χ2n) is 3.97. The number of rotatable bonds is 7. The quantitative estimate of drug-likeness (QED) is 0.769. The van der Waals surface area contributed by atoms with E-state index >= 15 is 0 Å². The Bertz CT molecular complexity index is 291. The van der Waals surface area contributed by atoms with Crippen molar-refractivity contribution in [2.45, 2.75) is 46.2 Å². The fourth-order valence-electron chi connectivity index (χ4n) is 2.12. The first-order valence-electron chi connectivity index (χ1n) is 6.26. The van der Waals surface area contributed by atoms with Crippen LogP contribution in [0.3, 0.4) is 0 Å². The number of nitrogens with zero attached hydrogens (tertiary/aromatic N) is 3. The van der Waals surface area contributed by atoms with Gasteiger partial charge in [0.1, 0.15) is 0 Å². The highest BCUT2D eigenvalue weighted by Crippen LogP contribution is 2.18. The van der Waals surface area contributed by atoms with Crippen LogP contribution < -0.4 is 10.6 Å². The molecule has 0 radical (unpaired) electrons. The third-order valence-corrected chi connectivity index (χ3v) is 3.04. The molecule has 2 N–H and O–H groups in total. The summed E-state index contributed by atoms with van der Waals surface area (Å²) in [6.07, 6.45) is 6.16. The molecule has 0 aliphatic carbocycles.